The molecule has 19 heavy (non-hydrogen) atoms. The van der Waals surface area contributed by atoms with Gasteiger partial charge in [-0.1, -0.05) is 35.6 Å². The van der Waals surface area contributed by atoms with Crippen molar-refractivity contribution in [3.63, 3.8) is 0 Å². The van der Waals surface area contributed by atoms with Crippen LogP contribution in [0.5, 0.6) is 0 Å². The van der Waals surface area contributed by atoms with Crippen molar-refractivity contribution >= 4 is 23.6 Å². The molecule has 0 fully saturated rings. The number of benzene rings is 1. The highest BCUT2D eigenvalue weighted by Gasteiger charge is 2.23. The lowest BCUT2D eigenvalue weighted by Gasteiger charge is -2.33. The van der Waals surface area contributed by atoms with E-state index in [-0.39, 0.29) is 0 Å². The van der Waals surface area contributed by atoms with E-state index in [1.807, 2.05) is 10.2 Å². The molecule has 0 amide bonds. The van der Waals surface area contributed by atoms with Crippen molar-refractivity contribution in [3.8, 4) is 0 Å². The Morgan fingerprint density at radius 2 is 2.32 bits per heavy atom. The van der Waals surface area contributed by atoms with Gasteiger partial charge >= 0.3 is 0 Å². The van der Waals surface area contributed by atoms with Crippen molar-refractivity contribution in [1.29, 1.82) is 0 Å². The molecule has 0 aliphatic heterocycles. The maximum absolute atomic E-state index is 5.28. The van der Waals surface area contributed by atoms with Crippen LogP contribution in [0.25, 0.3) is 0 Å². The first kappa shape index (κ1) is 13.0. The molecule has 1 atom stereocenters. The van der Waals surface area contributed by atoms with Gasteiger partial charge in [0.1, 0.15) is 5.51 Å². The Morgan fingerprint density at radius 1 is 1.47 bits per heavy atom. The van der Waals surface area contributed by atoms with Crippen LogP contribution in [0, 0.1) is 3.95 Å². The van der Waals surface area contributed by atoms with E-state index in [1.165, 1.54) is 41.7 Å². The third-order valence-corrected chi connectivity index (χ3v) is 4.89. The van der Waals surface area contributed by atoms with E-state index < -0.39 is 0 Å². The van der Waals surface area contributed by atoms with Crippen molar-refractivity contribution in [1.82, 2.24) is 14.7 Å². The molecule has 0 saturated carbocycles. The molecule has 5 heteroatoms. The Balaban J connectivity index is 1.83. The molecule has 1 aliphatic rings. The summed E-state index contributed by atoms with van der Waals surface area (Å²) in [5, 5.41) is 4.30. The fourth-order valence-electron chi connectivity index (χ4n) is 2.82. The van der Waals surface area contributed by atoms with E-state index in [0.717, 1.165) is 10.6 Å². The molecule has 3 nitrogen and oxygen atoms in total. The van der Waals surface area contributed by atoms with E-state index in [1.54, 1.807) is 0 Å². The predicted octanol–water partition coefficient (Wildman–Crippen LogP) is 3.64. The van der Waals surface area contributed by atoms with Crippen LogP contribution in [0.4, 0.5) is 0 Å². The molecule has 1 aromatic heterocycles. The minimum Gasteiger partial charge on any atom is -0.280 e. The van der Waals surface area contributed by atoms with Gasteiger partial charge in [0.15, 0.2) is 3.95 Å². The molecule has 1 aromatic carbocycles. The van der Waals surface area contributed by atoms with E-state index in [4.69, 9.17) is 12.2 Å². The summed E-state index contributed by atoms with van der Waals surface area (Å²) in [5.41, 5.74) is 4.77. The van der Waals surface area contributed by atoms with Gasteiger partial charge in [-0.15, -0.1) is 0 Å². The zero-order chi connectivity index (χ0) is 13.2. The molecule has 2 aromatic rings. The quantitative estimate of drug-likeness (QED) is 0.806. The van der Waals surface area contributed by atoms with Crippen LogP contribution in [0.3, 0.4) is 0 Å². The first-order valence-corrected chi connectivity index (χ1v) is 7.83. The SMILES string of the molecule is CN(Cn1ncsc1=S)[C@H]1CCCc2ccccc21. The third kappa shape index (κ3) is 2.63. The lowest BCUT2D eigenvalue weighted by molar-refractivity contribution is 0.166. The molecule has 1 heterocycles. The van der Waals surface area contributed by atoms with Crippen LogP contribution in [0.15, 0.2) is 29.8 Å². The summed E-state index contributed by atoms with van der Waals surface area (Å²) >= 11 is 6.79. The number of nitrogens with zero attached hydrogens (tertiary/aromatic N) is 3. The third-order valence-electron chi connectivity index (χ3n) is 3.78. The summed E-state index contributed by atoms with van der Waals surface area (Å²) in [4.78, 5) is 2.35. The van der Waals surface area contributed by atoms with Crippen molar-refractivity contribution in [2.24, 2.45) is 0 Å². The van der Waals surface area contributed by atoms with E-state index in [0.29, 0.717) is 6.04 Å². The van der Waals surface area contributed by atoms with Gasteiger partial charge in [0.2, 0.25) is 0 Å². The van der Waals surface area contributed by atoms with E-state index in [9.17, 15) is 0 Å². The van der Waals surface area contributed by atoms with Gasteiger partial charge in [-0.3, -0.25) is 4.90 Å². The number of hydrogen-bond acceptors (Lipinski definition) is 4. The van der Waals surface area contributed by atoms with Crippen molar-refractivity contribution in [3.05, 3.63) is 44.9 Å². The van der Waals surface area contributed by atoms with E-state index in [2.05, 4.69) is 41.3 Å². The van der Waals surface area contributed by atoms with Crippen LogP contribution in [-0.4, -0.2) is 21.7 Å². The van der Waals surface area contributed by atoms with Gasteiger partial charge in [-0.25, -0.2) is 4.68 Å². The minimum atomic E-state index is 0.480. The highest BCUT2D eigenvalue weighted by Crippen LogP contribution is 2.33. The Hall–Kier alpha value is -1.04. The Bertz CT molecular complexity index is 617. The standard InChI is InChI=1S/C14H17N3S2/c1-16(10-17-14(18)19-9-15-17)13-8-4-6-11-5-2-3-7-12(11)13/h2-3,5,7,9,13H,4,6,8,10H2,1H3/t13-/m0/s1. The summed E-state index contributed by atoms with van der Waals surface area (Å²) in [7, 11) is 2.16. The van der Waals surface area contributed by atoms with Gasteiger partial charge < -0.3 is 0 Å². The van der Waals surface area contributed by atoms with Crippen LogP contribution in [-0.2, 0) is 13.1 Å². The molecular weight excluding hydrogens is 274 g/mol. The molecule has 0 bridgehead atoms. The molecule has 3 rings (SSSR count). The first-order chi connectivity index (χ1) is 9.25. The lowest BCUT2D eigenvalue weighted by Crippen LogP contribution is -2.30. The van der Waals surface area contributed by atoms with Gasteiger partial charge in [-0.05, 0) is 49.7 Å². The largest absolute Gasteiger partial charge is 0.280 e. The van der Waals surface area contributed by atoms with Gasteiger partial charge in [-0.2, -0.15) is 5.10 Å². The Labute approximate surface area is 122 Å². The second-order valence-corrected chi connectivity index (χ2v) is 6.49. The Morgan fingerprint density at radius 3 is 3.11 bits per heavy atom. The molecule has 0 unspecified atom stereocenters. The van der Waals surface area contributed by atoms with E-state index >= 15 is 0 Å². The summed E-state index contributed by atoms with van der Waals surface area (Å²) in [5.74, 6) is 0. The lowest BCUT2D eigenvalue weighted by atomic mass is 9.87. The molecule has 0 N–H and O–H groups in total. The normalized spacial score (nSPS) is 18.5. The monoisotopic (exact) mass is 291 g/mol. The minimum absolute atomic E-state index is 0.480. The predicted molar refractivity (Wildman–Crippen MR) is 80.8 cm³/mol. The molecule has 0 saturated heterocycles. The maximum atomic E-state index is 5.28. The van der Waals surface area contributed by atoms with Crippen molar-refractivity contribution in [2.75, 3.05) is 7.05 Å². The van der Waals surface area contributed by atoms with Crippen LogP contribution in [0.2, 0.25) is 0 Å². The Kier molecular flexibility index (Phi) is 3.77. The van der Waals surface area contributed by atoms with Crippen LogP contribution >= 0.6 is 23.6 Å². The van der Waals surface area contributed by atoms with Crippen molar-refractivity contribution < 1.29 is 0 Å². The summed E-state index contributed by atoms with van der Waals surface area (Å²) in [6, 6.07) is 9.27. The first-order valence-electron chi connectivity index (χ1n) is 6.54. The van der Waals surface area contributed by atoms with Gasteiger partial charge in [0, 0.05) is 6.04 Å². The topological polar surface area (TPSA) is 21.1 Å². The number of fused-ring (bicyclic) bond motifs is 1. The zero-order valence-corrected chi connectivity index (χ0v) is 12.6. The van der Waals surface area contributed by atoms with Gasteiger partial charge in [0.25, 0.3) is 0 Å². The fraction of sp³-hybridized carbons (Fsp3) is 0.429. The van der Waals surface area contributed by atoms with Crippen LogP contribution in [0.1, 0.15) is 30.0 Å². The number of rotatable bonds is 3. The summed E-state index contributed by atoms with van der Waals surface area (Å²) in [6.07, 6.45) is 3.68. The average Bonchev–Trinajstić information content (AvgIpc) is 2.83. The summed E-state index contributed by atoms with van der Waals surface area (Å²) in [6.45, 7) is 0.765. The number of hydrogen-bond donors (Lipinski definition) is 0. The van der Waals surface area contributed by atoms with Crippen molar-refractivity contribution in [2.45, 2.75) is 32.0 Å². The molecular formula is C14H17N3S2. The second-order valence-electron chi connectivity index (χ2n) is 5.01. The highest BCUT2D eigenvalue weighted by molar-refractivity contribution is 7.73. The molecule has 100 valence electrons. The second kappa shape index (κ2) is 5.53. The molecule has 0 radical (unpaired) electrons. The number of aryl methyl sites for hydroxylation is 1. The van der Waals surface area contributed by atoms with Gasteiger partial charge in [0.05, 0.1) is 6.67 Å². The zero-order valence-electron chi connectivity index (χ0n) is 11.0. The smallest absolute Gasteiger partial charge is 0.180 e. The molecule has 0 spiro atoms. The average molecular weight is 291 g/mol. The number of aromatic nitrogens is 2. The fourth-order valence-corrected chi connectivity index (χ4v) is 3.54. The highest BCUT2D eigenvalue weighted by atomic mass is 32.1. The van der Waals surface area contributed by atoms with Crippen LogP contribution < -0.4 is 0 Å². The summed E-state index contributed by atoms with van der Waals surface area (Å²) < 4.78 is 2.74. The molecule has 1 aliphatic carbocycles. The maximum Gasteiger partial charge on any atom is 0.180 e.